The van der Waals surface area contributed by atoms with E-state index >= 15 is 0 Å². The first-order valence-corrected chi connectivity index (χ1v) is 5.84. The zero-order valence-electron chi connectivity index (χ0n) is 9.07. The van der Waals surface area contributed by atoms with Gasteiger partial charge < -0.3 is 9.47 Å². The van der Waals surface area contributed by atoms with E-state index in [2.05, 4.69) is 0 Å². The maximum Gasteiger partial charge on any atom is 0.338 e. The molecule has 0 fully saturated rings. The van der Waals surface area contributed by atoms with Gasteiger partial charge >= 0.3 is 5.97 Å². The standard InChI is InChI=1S/C11H14O3S/c1-4-14-11(12)8-5-6-9(13-2)10(7-8)15-3/h5-7H,4H2,1-3H3. The van der Waals surface area contributed by atoms with Crippen LogP contribution >= 0.6 is 11.8 Å². The molecule has 0 aliphatic rings. The van der Waals surface area contributed by atoms with Gasteiger partial charge in [0.15, 0.2) is 0 Å². The van der Waals surface area contributed by atoms with E-state index in [4.69, 9.17) is 9.47 Å². The Kier molecular flexibility index (Phi) is 4.49. The number of esters is 1. The van der Waals surface area contributed by atoms with E-state index in [0.717, 1.165) is 10.6 Å². The molecule has 82 valence electrons. The van der Waals surface area contributed by atoms with Gasteiger partial charge in [-0.15, -0.1) is 11.8 Å². The molecule has 4 heteroatoms. The van der Waals surface area contributed by atoms with Crippen LogP contribution in [0.4, 0.5) is 0 Å². The van der Waals surface area contributed by atoms with Crippen molar-refractivity contribution in [3.8, 4) is 5.75 Å². The molecule has 0 atom stereocenters. The van der Waals surface area contributed by atoms with Crippen molar-refractivity contribution < 1.29 is 14.3 Å². The molecule has 0 aliphatic carbocycles. The molecule has 0 aliphatic heterocycles. The second-order valence-electron chi connectivity index (χ2n) is 2.79. The Morgan fingerprint density at radius 1 is 1.47 bits per heavy atom. The molecule has 0 radical (unpaired) electrons. The molecule has 0 spiro atoms. The second-order valence-corrected chi connectivity index (χ2v) is 3.64. The maximum absolute atomic E-state index is 11.4. The number of ether oxygens (including phenoxy) is 2. The number of carbonyl (C=O) groups is 1. The highest BCUT2D eigenvalue weighted by molar-refractivity contribution is 7.98. The van der Waals surface area contributed by atoms with Crippen LogP contribution in [0.2, 0.25) is 0 Å². The SMILES string of the molecule is CCOC(=O)c1ccc(OC)c(SC)c1. The van der Waals surface area contributed by atoms with Gasteiger partial charge in [0.05, 0.1) is 19.3 Å². The van der Waals surface area contributed by atoms with Crippen LogP contribution in [0, 0.1) is 0 Å². The average molecular weight is 226 g/mol. The smallest absolute Gasteiger partial charge is 0.338 e. The summed E-state index contributed by atoms with van der Waals surface area (Å²) in [4.78, 5) is 12.4. The fourth-order valence-electron chi connectivity index (χ4n) is 1.18. The molecule has 0 heterocycles. The summed E-state index contributed by atoms with van der Waals surface area (Å²) in [6, 6.07) is 5.26. The minimum atomic E-state index is -0.296. The Bertz CT molecular complexity index is 350. The van der Waals surface area contributed by atoms with Crippen molar-refractivity contribution >= 4 is 17.7 Å². The Labute approximate surface area is 93.8 Å². The minimum Gasteiger partial charge on any atom is -0.496 e. The number of hydrogen-bond acceptors (Lipinski definition) is 4. The Morgan fingerprint density at radius 3 is 2.73 bits per heavy atom. The Balaban J connectivity index is 2.97. The lowest BCUT2D eigenvalue weighted by atomic mass is 10.2. The van der Waals surface area contributed by atoms with E-state index in [0.29, 0.717) is 12.2 Å². The molecule has 1 rings (SSSR count). The molecule has 15 heavy (non-hydrogen) atoms. The van der Waals surface area contributed by atoms with Gasteiger partial charge in [0.25, 0.3) is 0 Å². The number of thioether (sulfide) groups is 1. The van der Waals surface area contributed by atoms with Crippen molar-refractivity contribution in [2.45, 2.75) is 11.8 Å². The monoisotopic (exact) mass is 226 g/mol. The van der Waals surface area contributed by atoms with Crippen LogP contribution < -0.4 is 4.74 Å². The topological polar surface area (TPSA) is 35.5 Å². The zero-order chi connectivity index (χ0) is 11.3. The van der Waals surface area contributed by atoms with Crippen molar-refractivity contribution in [3.63, 3.8) is 0 Å². The van der Waals surface area contributed by atoms with Gasteiger partial charge in [0.2, 0.25) is 0 Å². The summed E-state index contributed by atoms with van der Waals surface area (Å²) in [5.74, 6) is 0.478. The van der Waals surface area contributed by atoms with Gasteiger partial charge in [-0.1, -0.05) is 0 Å². The third-order valence-electron chi connectivity index (χ3n) is 1.89. The molecular formula is C11H14O3S. The van der Waals surface area contributed by atoms with Gasteiger partial charge in [0.1, 0.15) is 5.75 Å². The predicted octanol–water partition coefficient (Wildman–Crippen LogP) is 2.59. The highest BCUT2D eigenvalue weighted by Crippen LogP contribution is 2.28. The highest BCUT2D eigenvalue weighted by Gasteiger charge is 2.09. The van der Waals surface area contributed by atoms with Crippen LogP contribution in [-0.4, -0.2) is 25.9 Å². The van der Waals surface area contributed by atoms with Gasteiger partial charge in [0, 0.05) is 4.90 Å². The molecule has 0 N–H and O–H groups in total. The second kappa shape index (κ2) is 5.66. The highest BCUT2D eigenvalue weighted by atomic mass is 32.2. The van der Waals surface area contributed by atoms with Crippen molar-refractivity contribution in [3.05, 3.63) is 23.8 Å². The van der Waals surface area contributed by atoms with Crippen molar-refractivity contribution in [1.29, 1.82) is 0 Å². The first kappa shape index (κ1) is 11.9. The Morgan fingerprint density at radius 2 is 2.20 bits per heavy atom. The van der Waals surface area contributed by atoms with Gasteiger partial charge in [-0.05, 0) is 31.4 Å². The maximum atomic E-state index is 11.4. The molecule has 0 amide bonds. The van der Waals surface area contributed by atoms with Gasteiger partial charge in [-0.25, -0.2) is 4.79 Å². The summed E-state index contributed by atoms with van der Waals surface area (Å²) in [7, 11) is 1.61. The molecule has 1 aromatic carbocycles. The lowest BCUT2D eigenvalue weighted by molar-refractivity contribution is 0.0526. The third kappa shape index (κ3) is 2.89. The van der Waals surface area contributed by atoms with Crippen LogP contribution in [0.25, 0.3) is 0 Å². The molecule has 0 bridgehead atoms. The zero-order valence-corrected chi connectivity index (χ0v) is 9.89. The molecule has 3 nitrogen and oxygen atoms in total. The van der Waals surface area contributed by atoms with Crippen LogP contribution in [0.15, 0.2) is 23.1 Å². The lowest BCUT2D eigenvalue weighted by Crippen LogP contribution is -2.04. The van der Waals surface area contributed by atoms with Crippen LogP contribution in [-0.2, 0) is 4.74 Å². The van der Waals surface area contributed by atoms with Crippen molar-refractivity contribution in [1.82, 2.24) is 0 Å². The summed E-state index contributed by atoms with van der Waals surface area (Å²) in [5.41, 5.74) is 0.557. The number of methoxy groups -OCH3 is 1. The summed E-state index contributed by atoms with van der Waals surface area (Å²) in [6.07, 6.45) is 1.94. The largest absolute Gasteiger partial charge is 0.496 e. The van der Waals surface area contributed by atoms with E-state index in [-0.39, 0.29) is 5.97 Å². The van der Waals surface area contributed by atoms with Gasteiger partial charge in [-0.3, -0.25) is 0 Å². The van der Waals surface area contributed by atoms with E-state index in [1.54, 1.807) is 32.2 Å². The predicted molar refractivity (Wildman–Crippen MR) is 60.7 cm³/mol. The summed E-state index contributed by atoms with van der Waals surface area (Å²) < 4.78 is 10.1. The molecule has 0 aromatic heterocycles. The fraction of sp³-hybridized carbons (Fsp3) is 0.364. The molecule has 1 aromatic rings. The summed E-state index contributed by atoms with van der Waals surface area (Å²) >= 11 is 1.54. The summed E-state index contributed by atoms with van der Waals surface area (Å²) in [6.45, 7) is 2.18. The number of carbonyl (C=O) groups excluding carboxylic acids is 1. The average Bonchev–Trinajstić information content (AvgIpc) is 2.28. The minimum absolute atomic E-state index is 0.296. The Hall–Kier alpha value is -1.16. The first-order chi connectivity index (χ1) is 7.22. The molecular weight excluding hydrogens is 212 g/mol. The third-order valence-corrected chi connectivity index (χ3v) is 2.65. The molecule has 0 saturated heterocycles. The lowest BCUT2D eigenvalue weighted by Gasteiger charge is -2.08. The van der Waals surface area contributed by atoms with Crippen LogP contribution in [0.1, 0.15) is 17.3 Å². The van der Waals surface area contributed by atoms with E-state index in [9.17, 15) is 4.79 Å². The number of rotatable bonds is 4. The number of hydrogen-bond donors (Lipinski definition) is 0. The van der Waals surface area contributed by atoms with Crippen molar-refractivity contribution in [2.75, 3.05) is 20.0 Å². The van der Waals surface area contributed by atoms with Crippen LogP contribution in [0.3, 0.4) is 0 Å². The normalized spacial score (nSPS) is 9.80. The van der Waals surface area contributed by atoms with E-state index in [1.807, 2.05) is 6.26 Å². The quantitative estimate of drug-likeness (QED) is 0.584. The first-order valence-electron chi connectivity index (χ1n) is 4.62. The van der Waals surface area contributed by atoms with Gasteiger partial charge in [-0.2, -0.15) is 0 Å². The fourth-order valence-corrected chi connectivity index (χ4v) is 1.77. The van der Waals surface area contributed by atoms with E-state index < -0.39 is 0 Å². The summed E-state index contributed by atoms with van der Waals surface area (Å²) in [5, 5.41) is 0. The van der Waals surface area contributed by atoms with Crippen molar-refractivity contribution in [2.24, 2.45) is 0 Å². The molecule has 0 unspecified atom stereocenters. The molecule has 0 saturated carbocycles. The number of benzene rings is 1. The van der Waals surface area contributed by atoms with Crippen LogP contribution in [0.5, 0.6) is 5.75 Å². The van der Waals surface area contributed by atoms with E-state index in [1.165, 1.54) is 11.8 Å².